The summed E-state index contributed by atoms with van der Waals surface area (Å²) in [7, 11) is 0. The minimum atomic E-state index is 0.912. The van der Waals surface area contributed by atoms with Gasteiger partial charge < -0.3 is 0 Å². The molecule has 0 amide bonds. The zero-order chi connectivity index (χ0) is 42.1. The number of fused-ring (bicyclic) bond motifs is 6. The molecule has 0 saturated heterocycles. The zero-order valence-electron chi connectivity index (χ0n) is 34.7. The number of aromatic nitrogens is 4. The number of rotatable bonds is 6. The Bertz CT molecular complexity index is 3690. The number of para-hydroxylation sites is 4. The van der Waals surface area contributed by atoms with Gasteiger partial charge in [0.05, 0.1) is 22.1 Å². The van der Waals surface area contributed by atoms with Crippen molar-refractivity contribution in [3.63, 3.8) is 0 Å². The summed E-state index contributed by atoms with van der Waals surface area (Å²) < 4.78 is 4.65. The second-order valence-corrected chi connectivity index (χ2v) is 16.6. The Morgan fingerprint density at radius 3 is 1.11 bits per heavy atom. The Labute approximate surface area is 369 Å². The van der Waals surface area contributed by atoms with Crippen LogP contribution in [0.4, 0.5) is 0 Å². The van der Waals surface area contributed by atoms with Crippen LogP contribution in [0.15, 0.2) is 231 Å². The van der Waals surface area contributed by atoms with Crippen molar-refractivity contribution in [3.05, 3.63) is 231 Å². The van der Waals surface area contributed by atoms with Crippen LogP contribution in [0.5, 0.6) is 0 Å². The molecule has 0 aliphatic rings. The normalized spacial score (nSPS) is 11.8. The molecule has 0 fully saturated rings. The van der Waals surface area contributed by atoms with E-state index in [0.29, 0.717) is 0 Å². The summed E-state index contributed by atoms with van der Waals surface area (Å²) in [4.78, 5) is 10.5. The largest absolute Gasteiger partial charge is 0.292 e. The maximum absolute atomic E-state index is 5.24. The van der Waals surface area contributed by atoms with Crippen molar-refractivity contribution in [2.24, 2.45) is 0 Å². The molecular weight excluding hydrogens is 777 g/mol. The van der Waals surface area contributed by atoms with Gasteiger partial charge in [0.15, 0.2) is 0 Å². The fraction of sp³-hybridized carbons (Fsp3) is 0. The molecule has 298 valence electrons. The molecule has 0 unspecified atom stereocenters. The van der Waals surface area contributed by atoms with Crippen LogP contribution in [0.1, 0.15) is 0 Å². The monoisotopic (exact) mass is 814 g/mol. The maximum atomic E-state index is 5.24. The van der Waals surface area contributed by atoms with Crippen molar-refractivity contribution in [1.82, 2.24) is 19.1 Å². The third-order valence-electron chi connectivity index (χ3n) is 12.9. The van der Waals surface area contributed by atoms with Gasteiger partial charge in [0.25, 0.3) is 0 Å². The van der Waals surface area contributed by atoms with Crippen molar-refractivity contribution in [2.75, 3.05) is 0 Å². The number of benzene rings is 11. The van der Waals surface area contributed by atoms with Gasteiger partial charge in [-0.3, -0.25) is 9.13 Å². The van der Waals surface area contributed by atoms with Crippen molar-refractivity contribution in [3.8, 4) is 56.4 Å². The van der Waals surface area contributed by atoms with Crippen molar-refractivity contribution < 1.29 is 0 Å². The van der Waals surface area contributed by atoms with Crippen molar-refractivity contribution in [2.45, 2.75) is 0 Å². The maximum Gasteiger partial charge on any atom is 0.145 e. The summed E-state index contributed by atoms with van der Waals surface area (Å²) in [6.45, 7) is 0. The van der Waals surface area contributed by atoms with E-state index in [1.807, 2.05) is 0 Å². The minimum absolute atomic E-state index is 0.912. The number of hydrogen-bond acceptors (Lipinski definition) is 2. The molecule has 64 heavy (non-hydrogen) atoms. The first-order valence-electron chi connectivity index (χ1n) is 21.8. The average molecular weight is 815 g/mol. The van der Waals surface area contributed by atoms with Crippen molar-refractivity contribution in [1.29, 1.82) is 0 Å². The van der Waals surface area contributed by atoms with Crippen LogP contribution >= 0.6 is 0 Å². The molecule has 0 atom stereocenters. The first-order valence-corrected chi connectivity index (χ1v) is 21.8. The molecule has 13 aromatic rings. The van der Waals surface area contributed by atoms with E-state index in [-0.39, 0.29) is 0 Å². The summed E-state index contributed by atoms with van der Waals surface area (Å²) >= 11 is 0. The Morgan fingerprint density at radius 1 is 0.266 bits per heavy atom. The molecule has 0 radical (unpaired) electrons. The van der Waals surface area contributed by atoms with E-state index < -0.39 is 0 Å². The van der Waals surface area contributed by atoms with Gasteiger partial charge in [-0.15, -0.1) is 0 Å². The third-order valence-corrected chi connectivity index (χ3v) is 12.9. The second kappa shape index (κ2) is 14.5. The van der Waals surface area contributed by atoms with Gasteiger partial charge in [0.1, 0.15) is 11.6 Å². The summed E-state index contributed by atoms with van der Waals surface area (Å²) in [6.07, 6.45) is 0. The first kappa shape index (κ1) is 36.1. The van der Waals surface area contributed by atoms with Gasteiger partial charge in [0.2, 0.25) is 0 Å². The lowest BCUT2D eigenvalue weighted by atomic mass is 9.84. The quantitative estimate of drug-likeness (QED) is 0.157. The van der Waals surface area contributed by atoms with E-state index >= 15 is 0 Å². The van der Waals surface area contributed by atoms with Gasteiger partial charge in [-0.2, -0.15) is 0 Å². The summed E-state index contributed by atoms with van der Waals surface area (Å²) in [6, 6.07) is 83.2. The van der Waals surface area contributed by atoms with E-state index in [4.69, 9.17) is 9.97 Å². The van der Waals surface area contributed by atoms with Gasteiger partial charge in [-0.05, 0) is 126 Å². The summed E-state index contributed by atoms with van der Waals surface area (Å²) in [5.74, 6) is 1.82. The van der Waals surface area contributed by atoms with Gasteiger partial charge in [-0.1, -0.05) is 170 Å². The lowest BCUT2D eigenvalue weighted by molar-refractivity contribution is 1.10. The van der Waals surface area contributed by atoms with Crippen molar-refractivity contribution >= 4 is 65.2 Å². The van der Waals surface area contributed by atoms with E-state index in [1.165, 1.54) is 65.3 Å². The topological polar surface area (TPSA) is 35.6 Å². The summed E-state index contributed by atoms with van der Waals surface area (Å²) in [5.41, 5.74) is 13.0. The predicted molar refractivity (Wildman–Crippen MR) is 267 cm³/mol. The average Bonchev–Trinajstić information content (AvgIpc) is 3.95. The van der Waals surface area contributed by atoms with Crippen LogP contribution in [-0.4, -0.2) is 19.1 Å². The molecule has 4 heteroatoms. The highest BCUT2D eigenvalue weighted by molar-refractivity contribution is 6.23. The smallest absolute Gasteiger partial charge is 0.145 e. The Kier molecular flexibility index (Phi) is 8.18. The fourth-order valence-corrected chi connectivity index (χ4v) is 9.93. The van der Waals surface area contributed by atoms with E-state index in [1.54, 1.807) is 0 Å². The van der Waals surface area contributed by atoms with Gasteiger partial charge in [0, 0.05) is 22.5 Å². The first-order chi connectivity index (χ1) is 31.7. The van der Waals surface area contributed by atoms with Crippen LogP contribution in [0, 0.1) is 0 Å². The number of hydrogen-bond donors (Lipinski definition) is 0. The summed E-state index contributed by atoms with van der Waals surface area (Å²) in [5, 5.41) is 9.54. The highest BCUT2D eigenvalue weighted by Crippen LogP contribution is 2.47. The Hall–Kier alpha value is -8.60. The number of nitrogens with zero attached hydrogens (tertiary/aromatic N) is 4. The van der Waals surface area contributed by atoms with Crippen LogP contribution in [0.2, 0.25) is 0 Å². The van der Waals surface area contributed by atoms with Crippen LogP contribution < -0.4 is 0 Å². The molecule has 4 nitrogen and oxygen atoms in total. The molecule has 0 aliphatic heterocycles. The highest BCUT2D eigenvalue weighted by atomic mass is 15.1. The SMILES string of the molecule is c1ccc(-c2nc3ccccc3n2-c2ccc3c(-c4ccc5ccccc5c4)c4cc(-n5c(-c6ccccc6)nc6ccccc65)ccc4c(-c4ccc5ccccc5c4)c3c2)cc1. The number of imidazole rings is 2. The molecule has 0 spiro atoms. The molecule has 0 N–H and O–H groups in total. The zero-order valence-corrected chi connectivity index (χ0v) is 34.7. The van der Waals surface area contributed by atoms with E-state index in [2.05, 4.69) is 240 Å². The third kappa shape index (κ3) is 5.77. The molecule has 2 heterocycles. The predicted octanol–water partition coefficient (Wildman–Crippen LogP) is 15.6. The fourth-order valence-electron chi connectivity index (χ4n) is 9.93. The van der Waals surface area contributed by atoms with Crippen LogP contribution in [0.25, 0.3) is 122 Å². The molecule has 0 aliphatic carbocycles. The molecule has 11 aromatic carbocycles. The molecular formula is C60H38N4. The lowest BCUT2D eigenvalue weighted by Crippen LogP contribution is -2.00. The van der Waals surface area contributed by atoms with Crippen LogP contribution in [-0.2, 0) is 0 Å². The second-order valence-electron chi connectivity index (χ2n) is 16.6. The standard InChI is InChI=1S/C60H38N4/c1-3-17-41(18-4-1)59-61-53-23-11-13-25-55(53)63(59)47-31-33-49-51(37-47)57(45-29-27-39-15-7-9-21-43(39)35-45)50-34-32-48(38-52(50)58(49)46-30-28-40-16-8-10-22-44(40)36-46)64-56-26-14-12-24-54(56)62-60(64)42-19-5-2-6-20-42/h1-38H. The molecule has 13 rings (SSSR count). The molecule has 0 saturated carbocycles. The molecule has 2 aromatic heterocycles. The van der Waals surface area contributed by atoms with E-state index in [9.17, 15) is 0 Å². The Balaban J connectivity index is 1.17. The lowest BCUT2D eigenvalue weighted by Gasteiger charge is -2.21. The van der Waals surface area contributed by atoms with E-state index in [0.717, 1.165) is 56.2 Å². The minimum Gasteiger partial charge on any atom is -0.292 e. The Morgan fingerprint density at radius 2 is 0.656 bits per heavy atom. The van der Waals surface area contributed by atoms with Crippen LogP contribution in [0.3, 0.4) is 0 Å². The van der Waals surface area contributed by atoms with Gasteiger partial charge in [-0.25, -0.2) is 9.97 Å². The highest BCUT2D eigenvalue weighted by Gasteiger charge is 2.22. The molecule has 0 bridgehead atoms. The van der Waals surface area contributed by atoms with Gasteiger partial charge >= 0.3 is 0 Å².